The van der Waals surface area contributed by atoms with Gasteiger partial charge in [-0.25, -0.2) is 0 Å². The largest absolute Gasteiger partial charge is 0.352 e. The van der Waals surface area contributed by atoms with Crippen LogP contribution in [0.5, 0.6) is 0 Å². The second kappa shape index (κ2) is 7.35. The Morgan fingerprint density at radius 1 is 1.32 bits per heavy atom. The highest BCUT2D eigenvalue weighted by Gasteiger charge is 2.14. The van der Waals surface area contributed by atoms with Gasteiger partial charge in [0.05, 0.1) is 0 Å². The second-order valence-electron chi connectivity index (χ2n) is 5.39. The van der Waals surface area contributed by atoms with E-state index in [-0.39, 0.29) is 18.5 Å². The third-order valence-electron chi connectivity index (χ3n) is 3.72. The minimum absolute atomic E-state index is 0.0421. The molecule has 0 radical (unpaired) electrons. The first-order valence-electron chi connectivity index (χ1n) is 7.56. The van der Waals surface area contributed by atoms with Crippen molar-refractivity contribution in [3.8, 4) is 11.4 Å². The first-order valence-corrected chi connectivity index (χ1v) is 7.97. The van der Waals surface area contributed by atoms with E-state index in [1.807, 2.05) is 31.2 Å². The van der Waals surface area contributed by atoms with E-state index >= 15 is 0 Å². The quantitative estimate of drug-likeness (QED) is 0.804. The van der Waals surface area contributed by atoms with Gasteiger partial charge in [-0.1, -0.05) is 43.7 Å². The predicted octanol–water partition coefficient (Wildman–Crippen LogP) is 3.22. The fourth-order valence-electron chi connectivity index (χ4n) is 2.30. The molecule has 1 aromatic carbocycles. The molecule has 0 spiro atoms. The second-order valence-corrected chi connectivity index (χ2v) is 5.77. The number of carbonyl (C=O) groups excluding carboxylic acids is 1. The summed E-state index contributed by atoms with van der Waals surface area (Å²) in [5.74, 6) is 0.643. The molecule has 0 unspecified atom stereocenters. The molecule has 2 N–H and O–H groups in total. The van der Waals surface area contributed by atoms with Gasteiger partial charge in [0.25, 0.3) is 0 Å². The molecule has 0 aliphatic rings. The predicted molar refractivity (Wildman–Crippen MR) is 90.1 cm³/mol. The third kappa shape index (κ3) is 3.82. The Balaban J connectivity index is 2.21. The number of nitrogens with one attached hydrogen (secondary N) is 2. The van der Waals surface area contributed by atoms with Gasteiger partial charge in [-0.3, -0.25) is 14.5 Å². The number of benzene rings is 1. The Kier molecular flexibility index (Phi) is 5.49. The number of aryl methyl sites for hydroxylation is 1. The average molecular weight is 318 g/mol. The zero-order valence-electron chi connectivity index (χ0n) is 13.2. The molecule has 0 saturated carbocycles. The van der Waals surface area contributed by atoms with Gasteiger partial charge in [-0.2, -0.15) is 5.10 Å². The fraction of sp³-hybridized carbons (Fsp3) is 0.438. The minimum Gasteiger partial charge on any atom is -0.352 e. The highest BCUT2D eigenvalue weighted by molar-refractivity contribution is 7.71. The Hall–Kier alpha value is -1.95. The molecule has 6 heteroatoms. The fourth-order valence-corrected chi connectivity index (χ4v) is 2.49. The van der Waals surface area contributed by atoms with Crippen LogP contribution in [0.3, 0.4) is 0 Å². The summed E-state index contributed by atoms with van der Waals surface area (Å²) in [5.41, 5.74) is 2.11. The van der Waals surface area contributed by atoms with E-state index in [4.69, 9.17) is 12.2 Å². The number of hydrogen-bond donors (Lipinski definition) is 2. The maximum atomic E-state index is 12.2. The Morgan fingerprint density at radius 2 is 1.95 bits per heavy atom. The number of aromatic amines is 1. The molecule has 0 saturated heterocycles. The van der Waals surface area contributed by atoms with Crippen molar-refractivity contribution in [1.29, 1.82) is 0 Å². The van der Waals surface area contributed by atoms with Gasteiger partial charge in [0.15, 0.2) is 10.6 Å². The van der Waals surface area contributed by atoms with Crippen molar-refractivity contribution in [1.82, 2.24) is 20.1 Å². The van der Waals surface area contributed by atoms with E-state index in [1.54, 1.807) is 4.57 Å². The first-order chi connectivity index (χ1) is 10.5. The SMILES string of the molecule is CCC(CC)NC(=O)Cn1c(-c2ccc(C)cc2)n[nH]c1=S. The monoisotopic (exact) mass is 318 g/mol. The standard InChI is InChI=1S/C16H22N4OS/c1-4-13(5-2)17-14(21)10-20-15(18-19-16(20)22)12-8-6-11(3)7-9-12/h6-9,13H,4-5,10H2,1-3H3,(H,17,21)(H,19,22). The smallest absolute Gasteiger partial charge is 0.240 e. The van der Waals surface area contributed by atoms with E-state index in [9.17, 15) is 4.79 Å². The molecule has 22 heavy (non-hydrogen) atoms. The van der Waals surface area contributed by atoms with E-state index in [2.05, 4.69) is 29.4 Å². The van der Waals surface area contributed by atoms with Crippen LogP contribution < -0.4 is 5.32 Å². The topological polar surface area (TPSA) is 62.7 Å². The molecule has 0 aliphatic heterocycles. The van der Waals surface area contributed by atoms with Crippen molar-refractivity contribution >= 4 is 18.1 Å². The molecule has 1 heterocycles. The third-order valence-corrected chi connectivity index (χ3v) is 4.03. The van der Waals surface area contributed by atoms with Crippen LogP contribution in [0, 0.1) is 11.7 Å². The van der Waals surface area contributed by atoms with Crippen molar-refractivity contribution < 1.29 is 4.79 Å². The summed E-state index contributed by atoms with van der Waals surface area (Å²) >= 11 is 5.25. The zero-order chi connectivity index (χ0) is 16.1. The highest BCUT2D eigenvalue weighted by atomic mass is 32.1. The molecule has 0 fully saturated rings. The summed E-state index contributed by atoms with van der Waals surface area (Å²) in [6, 6.07) is 8.20. The first kappa shape index (κ1) is 16.4. The lowest BCUT2D eigenvalue weighted by Gasteiger charge is -2.15. The van der Waals surface area contributed by atoms with Crippen LogP contribution >= 0.6 is 12.2 Å². The van der Waals surface area contributed by atoms with Gasteiger partial charge in [0, 0.05) is 11.6 Å². The molecule has 1 aromatic heterocycles. The molecule has 5 nitrogen and oxygen atoms in total. The summed E-state index contributed by atoms with van der Waals surface area (Å²) < 4.78 is 2.19. The van der Waals surface area contributed by atoms with E-state index < -0.39 is 0 Å². The summed E-state index contributed by atoms with van der Waals surface area (Å²) in [6.45, 7) is 6.34. The number of amides is 1. The van der Waals surface area contributed by atoms with Crippen molar-refractivity contribution in [3.05, 3.63) is 34.6 Å². The lowest BCUT2D eigenvalue weighted by atomic mass is 10.1. The van der Waals surface area contributed by atoms with E-state index in [0.29, 0.717) is 10.6 Å². The van der Waals surface area contributed by atoms with Gasteiger partial charge < -0.3 is 5.32 Å². The lowest BCUT2D eigenvalue weighted by Crippen LogP contribution is -2.36. The van der Waals surface area contributed by atoms with Crippen LogP contribution in [-0.2, 0) is 11.3 Å². The number of nitrogens with zero attached hydrogens (tertiary/aromatic N) is 2. The summed E-state index contributed by atoms with van der Waals surface area (Å²) in [5, 5.41) is 10.0. The average Bonchev–Trinajstić information content (AvgIpc) is 2.87. The van der Waals surface area contributed by atoms with Crippen LogP contribution in [0.25, 0.3) is 11.4 Å². The van der Waals surface area contributed by atoms with Crippen LogP contribution in [0.15, 0.2) is 24.3 Å². The molecular formula is C16H22N4OS. The molecule has 118 valence electrons. The minimum atomic E-state index is -0.0421. The van der Waals surface area contributed by atoms with Crippen molar-refractivity contribution in [2.75, 3.05) is 0 Å². The van der Waals surface area contributed by atoms with Crippen LogP contribution in [-0.4, -0.2) is 26.7 Å². The number of hydrogen-bond acceptors (Lipinski definition) is 3. The zero-order valence-corrected chi connectivity index (χ0v) is 14.0. The molecule has 1 amide bonds. The van der Waals surface area contributed by atoms with Crippen LogP contribution in [0.2, 0.25) is 0 Å². The molecule has 0 bridgehead atoms. The number of aromatic nitrogens is 3. The molecule has 2 aromatic rings. The van der Waals surface area contributed by atoms with Gasteiger partial charge in [-0.05, 0) is 32.0 Å². The maximum Gasteiger partial charge on any atom is 0.240 e. The van der Waals surface area contributed by atoms with E-state index in [0.717, 1.165) is 18.4 Å². The van der Waals surface area contributed by atoms with Crippen LogP contribution in [0.4, 0.5) is 0 Å². The van der Waals surface area contributed by atoms with Crippen molar-refractivity contribution in [2.24, 2.45) is 0 Å². The summed E-state index contributed by atoms with van der Waals surface area (Å²) in [4.78, 5) is 12.2. The highest BCUT2D eigenvalue weighted by Crippen LogP contribution is 2.17. The van der Waals surface area contributed by atoms with Gasteiger partial charge in [-0.15, -0.1) is 0 Å². The lowest BCUT2D eigenvalue weighted by molar-refractivity contribution is -0.122. The number of rotatable bonds is 6. The van der Waals surface area contributed by atoms with Gasteiger partial charge in [0.2, 0.25) is 5.91 Å². The summed E-state index contributed by atoms with van der Waals surface area (Å²) in [7, 11) is 0. The Morgan fingerprint density at radius 3 is 2.55 bits per heavy atom. The van der Waals surface area contributed by atoms with Crippen LogP contribution in [0.1, 0.15) is 32.3 Å². The Bertz CT molecular complexity index is 683. The number of H-pyrrole nitrogens is 1. The van der Waals surface area contributed by atoms with Crippen molar-refractivity contribution in [3.63, 3.8) is 0 Å². The molecule has 2 rings (SSSR count). The van der Waals surface area contributed by atoms with Gasteiger partial charge >= 0.3 is 0 Å². The maximum absolute atomic E-state index is 12.2. The normalized spacial score (nSPS) is 10.9. The summed E-state index contributed by atoms with van der Waals surface area (Å²) in [6.07, 6.45) is 1.84. The molecule has 0 atom stereocenters. The van der Waals surface area contributed by atoms with Crippen molar-refractivity contribution in [2.45, 2.75) is 46.2 Å². The van der Waals surface area contributed by atoms with E-state index in [1.165, 1.54) is 5.56 Å². The molecular weight excluding hydrogens is 296 g/mol. The number of carbonyl (C=O) groups is 1. The Labute approximate surface area is 135 Å². The molecule has 0 aliphatic carbocycles. The van der Waals surface area contributed by atoms with Gasteiger partial charge in [0.1, 0.15) is 6.54 Å².